The summed E-state index contributed by atoms with van der Waals surface area (Å²) in [6, 6.07) is 5.13. The van der Waals surface area contributed by atoms with Crippen molar-refractivity contribution in [2.75, 3.05) is 5.32 Å². The first-order chi connectivity index (χ1) is 11.7. The van der Waals surface area contributed by atoms with Crippen molar-refractivity contribution < 1.29 is 0 Å². The third-order valence-corrected chi connectivity index (χ3v) is 5.44. The van der Waals surface area contributed by atoms with Crippen LogP contribution < -0.4 is 11.1 Å². The molecule has 5 nitrogen and oxygen atoms in total. The minimum absolute atomic E-state index is 0.378. The molecule has 24 heavy (non-hydrogen) atoms. The van der Waals surface area contributed by atoms with Crippen molar-refractivity contribution in [3.8, 4) is 11.1 Å². The Hall–Kier alpha value is -1.88. The number of nitrogens with zero attached hydrogens (tertiary/aromatic N) is 3. The van der Waals surface area contributed by atoms with Crippen molar-refractivity contribution in [3.05, 3.63) is 30.2 Å². The van der Waals surface area contributed by atoms with Gasteiger partial charge in [0.05, 0.1) is 6.20 Å². The topological polar surface area (TPSA) is 68.8 Å². The van der Waals surface area contributed by atoms with Gasteiger partial charge in [-0.25, -0.2) is 4.98 Å². The average Bonchev–Trinajstić information content (AvgIpc) is 3.33. The van der Waals surface area contributed by atoms with E-state index in [2.05, 4.69) is 27.5 Å². The van der Waals surface area contributed by atoms with Gasteiger partial charge in [-0.1, -0.05) is 0 Å². The molecule has 2 aliphatic carbocycles. The van der Waals surface area contributed by atoms with Crippen LogP contribution in [0.25, 0.3) is 11.1 Å². The van der Waals surface area contributed by atoms with Crippen molar-refractivity contribution >= 4 is 5.82 Å². The monoisotopic (exact) mass is 325 g/mol. The third kappa shape index (κ3) is 3.46. The Kier molecular flexibility index (Phi) is 4.27. The molecule has 2 fully saturated rings. The van der Waals surface area contributed by atoms with Gasteiger partial charge in [0.2, 0.25) is 0 Å². The zero-order valence-corrected chi connectivity index (χ0v) is 14.4. The lowest BCUT2D eigenvalue weighted by atomic mass is 9.92. The second kappa shape index (κ2) is 6.55. The molecule has 5 heteroatoms. The van der Waals surface area contributed by atoms with Crippen LogP contribution in [0.1, 0.15) is 44.2 Å². The number of nitrogens with two attached hydrogens (primary N) is 1. The first-order valence-corrected chi connectivity index (χ1v) is 9.18. The number of aryl methyl sites for hydroxylation is 1. The fourth-order valence-corrected chi connectivity index (χ4v) is 3.69. The molecule has 0 aromatic carbocycles. The lowest BCUT2D eigenvalue weighted by Gasteiger charge is -2.27. The summed E-state index contributed by atoms with van der Waals surface area (Å²) in [5.41, 5.74) is 9.81. The molecule has 2 aromatic heterocycles. The summed E-state index contributed by atoms with van der Waals surface area (Å²) < 4.78 is 2.03. The molecule has 0 bridgehead atoms. The maximum absolute atomic E-state index is 6.00. The van der Waals surface area contributed by atoms with E-state index in [9.17, 15) is 0 Å². The molecule has 2 aromatic rings. The maximum Gasteiger partial charge on any atom is 0.126 e. The van der Waals surface area contributed by atoms with Crippen molar-refractivity contribution in [3.63, 3.8) is 0 Å². The van der Waals surface area contributed by atoms with E-state index in [1.165, 1.54) is 29.7 Å². The van der Waals surface area contributed by atoms with Crippen LogP contribution in [0.4, 0.5) is 5.82 Å². The lowest BCUT2D eigenvalue weighted by Crippen LogP contribution is -2.32. The molecule has 4 rings (SSSR count). The Morgan fingerprint density at radius 1 is 1.21 bits per heavy atom. The summed E-state index contributed by atoms with van der Waals surface area (Å²) in [5.74, 6) is 1.82. The van der Waals surface area contributed by atoms with Crippen LogP contribution in [0.3, 0.4) is 0 Å². The van der Waals surface area contributed by atoms with Crippen molar-refractivity contribution in [2.45, 2.75) is 57.0 Å². The van der Waals surface area contributed by atoms with E-state index >= 15 is 0 Å². The van der Waals surface area contributed by atoms with E-state index in [4.69, 9.17) is 5.73 Å². The normalized spacial score (nSPS) is 24.1. The van der Waals surface area contributed by atoms with Crippen molar-refractivity contribution in [2.24, 2.45) is 18.7 Å². The highest BCUT2D eigenvalue weighted by molar-refractivity contribution is 5.68. The Labute approximate surface area is 143 Å². The largest absolute Gasteiger partial charge is 0.367 e. The molecule has 0 unspecified atom stereocenters. The molecule has 0 spiro atoms. The van der Waals surface area contributed by atoms with Gasteiger partial charge in [0.25, 0.3) is 0 Å². The van der Waals surface area contributed by atoms with Crippen LogP contribution in [0, 0.1) is 5.92 Å². The first-order valence-electron chi connectivity index (χ1n) is 9.18. The fourth-order valence-electron chi connectivity index (χ4n) is 3.69. The minimum atomic E-state index is 0.378. The Morgan fingerprint density at radius 3 is 2.75 bits per heavy atom. The highest BCUT2D eigenvalue weighted by Crippen LogP contribution is 2.36. The number of rotatable bonds is 5. The zero-order chi connectivity index (χ0) is 16.5. The minimum Gasteiger partial charge on any atom is -0.367 e. The number of pyridine rings is 1. The molecule has 2 aliphatic rings. The summed E-state index contributed by atoms with van der Waals surface area (Å²) in [5, 5.41) is 8.09. The predicted molar refractivity (Wildman–Crippen MR) is 96.7 cm³/mol. The first kappa shape index (κ1) is 15.6. The average molecular weight is 325 g/mol. The standard InChI is InChI=1S/C19H27N5/c1-24-18(10-13-2-3-13)17(12-22-24)14-8-9-21-19(11-14)23-16-6-4-15(20)5-7-16/h8-9,11-13,15-16H,2-7,10,20H2,1H3,(H,21,23). The summed E-state index contributed by atoms with van der Waals surface area (Å²) >= 11 is 0. The highest BCUT2D eigenvalue weighted by Gasteiger charge is 2.25. The van der Waals surface area contributed by atoms with Crippen LogP contribution in [-0.2, 0) is 13.5 Å². The number of hydrogen-bond acceptors (Lipinski definition) is 4. The van der Waals surface area contributed by atoms with E-state index in [0.29, 0.717) is 12.1 Å². The van der Waals surface area contributed by atoms with E-state index in [1.807, 2.05) is 24.1 Å². The van der Waals surface area contributed by atoms with Gasteiger partial charge in [-0.15, -0.1) is 0 Å². The number of aromatic nitrogens is 3. The Morgan fingerprint density at radius 2 is 2.00 bits per heavy atom. The smallest absolute Gasteiger partial charge is 0.126 e. The van der Waals surface area contributed by atoms with E-state index in [0.717, 1.165) is 43.8 Å². The molecule has 2 heterocycles. The van der Waals surface area contributed by atoms with Crippen molar-refractivity contribution in [1.29, 1.82) is 0 Å². The maximum atomic E-state index is 6.00. The third-order valence-electron chi connectivity index (χ3n) is 5.44. The van der Waals surface area contributed by atoms with Gasteiger partial charge in [-0.2, -0.15) is 5.10 Å². The summed E-state index contributed by atoms with van der Waals surface area (Å²) in [6.07, 6.45) is 12.2. The summed E-state index contributed by atoms with van der Waals surface area (Å²) in [7, 11) is 2.05. The number of anilines is 1. The van der Waals surface area contributed by atoms with E-state index in [1.54, 1.807) is 0 Å². The van der Waals surface area contributed by atoms with Gasteiger partial charge in [-0.05, 0) is 68.6 Å². The number of hydrogen-bond donors (Lipinski definition) is 2. The molecule has 2 saturated carbocycles. The van der Waals surface area contributed by atoms with Gasteiger partial charge in [0.15, 0.2) is 0 Å². The molecule has 0 atom stereocenters. The van der Waals surface area contributed by atoms with Gasteiger partial charge in [0.1, 0.15) is 5.82 Å². The zero-order valence-electron chi connectivity index (χ0n) is 14.4. The molecule has 0 saturated heterocycles. The molecule has 128 valence electrons. The van der Waals surface area contributed by atoms with Gasteiger partial charge < -0.3 is 11.1 Å². The van der Waals surface area contributed by atoms with Crippen LogP contribution in [-0.4, -0.2) is 26.8 Å². The molecule has 0 amide bonds. The second-order valence-electron chi connectivity index (χ2n) is 7.46. The highest BCUT2D eigenvalue weighted by atomic mass is 15.3. The van der Waals surface area contributed by atoms with Crippen LogP contribution in [0.2, 0.25) is 0 Å². The lowest BCUT2D eigenvalue weighted by molar-refractivity contribution is 0.410. The van der Waals surface area contributed by atoms with Gasteiger partial charge >= 0.3 is 0 Å². The second-order valence-corrected chi connectivity index (χ2v) is 7.46. The molecular weight excluding hydrogens is 298 g/mol. The molecule has 3 N–H and O–H groups in total. The Bertz CT molecular complexity index is 696. The summed E-state index contributed by atoms with van der Waals surface area (Å²) in [6.45, 7) is 0. The number of nitrogens with one attached hydrogen (secondary N) is 1. The van der Waals surface area contributed by atoms with Crippen LogP contribution in [0.15, 0.2) is 24.5 Å². The quantitative estimate of drug-likeness (QED) is 0.886. The van der Waals surface area contributed by atoms with Gasteiger partial charge in [0, 0.05) is 36.6 Å². The van der Waals surface area contributed by atoms with Crippen LogP contribution in [0.5, 0.6) is 0 Å². The predicted octanol–water partition coefficient (Wildman–Crippen LogP) is 3.12. The molecule has 0 aliphatic heterocycles. The fraction of sp³-hybridized carbons (Fsp3) is 0.579. The molecule has 0 radical (unpaired) electrons. The van der Waals surface area contributed by atoms with Gasteiger partial charge in [-0.3, -0.25) is 4.68 Å². The SMILES string of the molecule is Cn1ncc(-c2ccnc(NC3CCC(N)CC3)c2)c1CC1CC1. The van der Waals surface area contributed by atoms with E-state index < -0.39 is 0 Å². The Balaban J connectivity index is 1.52. The summed E-state index contributed by atoms with van der Waals surface area (Å²) in [4.78, 5) is 4.52. The van der Waals surface area contributed by atoms with Crippen molar-refractivity contribution in [1.82, 2.24) is 14.8 Å². The van der Waals surface area contributed by atoms with E-state index in [-0.39, 0.29) is 0 Å². The van der Waals surface area contributed by atoms with Crippen LogP contribution >= 0.6 is 0 Å². The molecular formula is C19H27N5.